The topological polar surface area (TPSA) is 82.7 Å². The Morgan fingerprint density at radius 2 is 1.91 bits per heavy atom. The molecule has 0 unspecified atom stereocenters. The highest BCUT2D eigenvalue weighted by Crippen LogP contribution is 2.23. The Balaban J connectivity index is 2.02. The fourth-order valence-corrected chi connectivity index (χ4v) is 2.48. The molecule has 1 aromatic carbocycles. The predicted molar refractivity (Wildman–Crippen MR) is 87.1 cm³/mol. The van der Waals surface area contributed by atoms with Gasteiger partial charge in [0.25, 0.3) is 0 Å². The maximum Gasteiger partial charge on any atom is 0.320 e. The second-order valence-electron chi connectivity index (χ2n) is 5.60. The van der Waals surface area contributed by atoms with Gasteiger partial charge in [-0.05, 0) is 24.6 Å². The fourth-order valence-electron chi connectivity index (χ4n) is 2.48. The first-order valence-electron chi connectivity index (χ1n) is 7.81. The summed E-state index contributed by atoms with van der Waals surface area (Å²) in [7, 11) is 0. The number of benzene rings is 1. The summed E-state index contributed by atoms with van der Waals surface area (Å²) in [6.07, 6.45) is -0.173. The Kier molecular flexibility index (Phi) is 5.96. The van der Waals surface area contributed by atoms with Crippen LogP contribution in [0.3, 0.4) is 0 Å². The summed E-state index contributed by atoms with van der Waals surface area (Å²) in [5.74, 6) is 0.188. The quantitative estimate of drug-likeness (QED) is 0.697. The molecule has 0 amide bonds. The van der Waals surface area contributed by atoms with E-state index in [2.05, 4.69) is 5.32 Å². The Labute approximate surface area is 136 Å². The van der Waals surface area contributed by atoms with E-state index in [0.717, 1.165) is 17.7 Å². The number of nitrogens with one attached hydrogen (secondary N) is 1. The van der Waals surface area contributed by atoms with Gasteiger partial charge in [-0.1, -0.05) is 37.3 Å². The molecule has 3 atom stereocenters. The van der Waals surface area contributed by atoms with Crippen molar-refractivity contribution in [3.05, 3.63) is 59.5 Å². The first kappa shape index (κ1) is 17.2. The number of aliphatic hydroxyl groups is 1. The van der Waals surface area contributed by atoms with Crippen LogP contribution in [0.25, 0.3) is 0 Å². The van der Waals surface area contributed by atoms with Crippen LogP contribution in [-0.4, -0.2) is 22.2 Å². The lowest BCUT2D eigenvalue weighted by molar-refractivity contribution is -0.140. The van der Waals surface area contributed by atoms with Gasteiger partial charge in [0.05, 0.1) is 0 Å². The largest absolute Gasteiger partial charge is 0.480 e. The Hall–Kier alpha value is -2.11. The van der Waals surface area contributed by atoms with Crippen molar-refractivity contribution in [1.29, 1.82) is 0 Å². The number of aliphatic hydroxyl groups excluding tert-OH is 1. The molecule has 23 heavy (non-hydrogen) atoms. The minimum atomic E-state index is -0.992. The highest BCUT2D eigenvalue weighted by molar-refractivity contribution is 5.73. The minimum Gasteiger partial charge on any atom is -0.480 e. The summed E-state index contributed by atoms with van der Waals surface area (Å²) in [5.41, 5.74) is 1.000. The lowest BCUT2D eigenvalue weighted by Crippen LogP contribution is -2.39. The van der Waals surface area contributed by atoms with Crippen LogP contribution in [0.5, 0.6) is 0 Å². The van der Waals surface area contributed by atoms with Gasteiger partial charge < -0.3 is 14.6 Å². The Morgan fingerprint density at radius 3 is 2.48 bits per heavy atom. The number of aliphatic carboxylic acids is 1. The van der Waals surface area contributed by atoms with Gasteiger partial charge in [-0.15, -0.1) is 0 Å². The second-order valence-corrected chi connectivity index (χ2v) is 5.60. The summed E-state index contributed by atoms with van der Waals surface area (Å²) in [6.45, 7) is 3.86. The zero-order valence-electron chi connectivity index (χ0n) is 13.4. The van der Waals surface area contributed by atoms with Gasteiger partial charge in [-0.25, -0.2) is 0 Å². The third kappa shape index (κ3) is 4.68. The molecule has 0 aliphatic carbocycles. The summed E-state index contributed by atoms with van der Waals surface area (Å²) >= 11 is 0. The summed E-state index contributed by atoms with van der Waals surface area (Å²) in [6, 6.07) is 12.1. The number of hydrogen-bond donors (Lipinski definition) is 3. The third-order valence-corrected chi connectivity index (χ3v) is 3.87. The molecule has 1 aromatic heterocycles. The van der Waals surface area contributed by atoms with Crippen LogP contribution in [0.1, 0.15) is 49.5 Å². The molecule has 0 radical (unpaired) electrons. The summed E-state index contributed by atoms with van der Waals surface area (Å²) in [5, 5.41) is 22.7. The van der Waals surface area contributed by atoms with Crippen molar-refractivity contribution in [1.82, 2.24) is 5.32 Å². The first-order chi connectivity index (χ1) is 11.0. The van der Waals surface area contributed by atoms with Crippen LogP contribution in [0.4, 0.5) is 0 Å². The molecule has 1 heterocycles. The molecule has 0 aliphatic heterocycles. The predicted octanol–water partition coefficient (Wildman–Crippen LogP) is 3.07. The number of carbonyl (C=O) groups is 1. The summed E-state index contributed by atoms with van der Waals surface area (Å²) in [4.78, 5) is 11.5. The molecule has 2 rings (SSSR count). The average Bonchev–Trinajstić information content (AvgIpc) is 3.04. The molecule has 5 heteroatoms. The van der Waals surface area contributed by atoms with Crippen LogP contribution in [0, 0.1) is 0 Å². The zero-order chi connectivity index (χ0) is 16.8. The maximum absolute atomic E-state index is 11.5. The van der Waals surface area contributed by atoms with E-state index in [1.807, 2.05) is 44.2 Å². The van der Waals surface area contributed by atoms with Gasteiger partial charge in [0.15, 0.2) is 0 Å². The monoisotopic (exact) mass is 317 g/mol. The third-order valence-electron chi connectivity index (χ3n) is 3.87. The van der Waals surface area contributed by atoms with E-state index in [4.69, 9.17) is 4.42 Å². The first-order valence-corrected chi connectivity index (χ1v) is 7.81. The van der Waals surface area contributed by atoms with Gasteiger partial charge in [0.1, 0.15) is 23.7 Å². The Morgan fingerprint density at radius 1 is 1.22 bits per heavy atom. The molecule has 0 fully saturated rings. The lowest BCUT2D eigenvalue weighted by atomic mass is 10.0. The van der Waals surface area contributed by atoms with Crippen molar-refractivity contribution in [3.8, 4) is 0 Å². The highest BCUT2D eigenvalue weighted by Gasteiger charge is 2.25. The Bertz CT molecular complexity index is 623. The number of furan rings is 1. The van der Waals surface area contributed by atoms with Gasteiger partial charge >= 0.3 is 5.97 Å². The van der Waals surface area contributed by atoms with E-state index in [1.54, 1.807) is 12.1 Å². The average molecular weight is 317 g/mol. The van der Waals surface area contributed by atoms with Crippen LogP contribution in [0.15, 0.2) is 46.9 Å². The van der Waals surface area contributed by atoms with Crippen molar-refractivity contribution in [3.63, 3.8) is 0 Å². The molecule has 0 bridgehead atoms. The van der Waals surface area contributed by atoms with Crippen molar-refractivity contribution >= 4 is 5.97 Å². The van der Waals surface area contributed by atoms with Crippen molar-refractivity contribution in [2.24, 2.45) is 0 Å². The summed E-state index contributed by atoms with van der Waals surface area (Å²) < 4.78 is 5.49. The van der Waals surface area contributed by atoms with Crippen LogP contribution < -0.4 is 5.32 Å². The van der Waals surface area contributed by atoms with E-state index in [9.17, 15) is 15.0 Å². The number of rotatable bonds is 8. The molecule has 0 aliphatic rings. The molecule has 0 spiro atoms. The number of aryl methyl sites for hydroxylation is 1. The van der Waals surface area contributed by atoms with Gasteiger partial charge in [0.2, 0.25) is 0 Å². The standard InChI is InChI=1S/C18H23NO4/c1-3-14-9-10-17(23-14)16(20)11-15(18(21)22)19-12(2)13-7-5-4-6-8-13/h4-10,12,15-16,19-20H,3,11H2,1-2H3,(H,21,22)/t12-,15-,16+/m0/s1. The molecule has 3 N–H and O–H groups in total. The molecule has 0 saturated carbocycles. The normalized spacial score (nSPS) is 15.1. The number of hydrogen-bond acceptors (Lipinski definition) is 4. The van der Waals surface area contributed by atoms with Crippen molar-refractivity contribution < 1.29 is 19.4 Å². The number of carboxylic acid groups (broad SMARTS) is 1. The molecule has 5 nitrogen and oxygen atoms in total. The highest BCUT2D eigenvalue weighted by atomic mass is 16.4. The van der Waals surface area contributed by atoms with Crippen LogP contribution >= 0.6 is 0 Å². The van der Waals surface area contributed by atoms with E-state index in [0.29, 0.717) is 5.76 Å². The molecular formula is C18H23NO4. The van der Waals surface area contributed by atoms with Crippen molar-refractivity contribution in [2.75, 3.05) is 0 Å². The van der Waals surface area contributed by atoms with Crippen LogP contribution in [0.2, 0.25) is 0 Å². The second kappa shape index (κ2) is 7.94. The van der Waals surface area contributed by atoms with E-state index in [-0.39, 0.29) is 12.5 Å². The van der Waals surface area contributed by atoms with Gasteiger partial charge in [-0.3, -0.25) is 10.1 Å². The smallest absolute Gasteiger partial charge is 0.320 e. The molecule has 0 saturated heterocycles. The van der Waals surface area contributed by atoms with E-state index in [1.165, 1.54) is 0 Å². The van der Waals surface area contributed by atoms with Crippen LogP contribution in [-0.2, 0) is 11.2 Å². The SMILES string of the molecule is CCc1ccc([C@H](O)C[C@H](N[C@@H](C)c2ccccc2)C(=O)O)o1. The van der Waals surface area contributed by atoms with E-state index < -0.39 is 18.1 Å². The van der Waals surface area contributed by atoms with Gasteiger partial charge in [-0.2, -0.15) is 0 Å². The lowest BCUT2D eigenvalue weighted by Gasteiger charge is -2.22. The number of carboxylic acids is 1. The van der Waals surface area contributed by atoms with E-state index >= 15 is 0 Å². The van der Waals surface area contributed by atoms with Gasteiger partial charge in [0, 0.05) is 18.9 Å². The molecule has 124 valence electrons. The molecule has 2 aromatic rings. The van der Waals surface area contributed by atoms with Crippen molar-refractivity contribution in [2.45, 2.75) is 44.9 Å². The maximum atomic E-state index is 11.5. The fraction of sp³-hybridized carbons (Fsp3) is 0.389. The zero-order valence-corrected chi connectivity index (χ0v) is 13.4. The molecular weight excluding hydrogens is 294 g/mol. The minimum absolute atomic E-state index is 0.0448.